The molecule has 0 aliphatic heterocycles. The highest BCUT2D eigenvalue weighted by Crippen LogP contribution is 2.21. The molecule has 0 aliphatic rings. The highest BCUT2D eigenvalue weighted by atomic mass is 32.1. The lowest BCUT2D eigenvalue weighted by molar-refractivity contribution is -0.340. The van der Waals surface area contributed by atoms with E-state index in [2.05, 4.69) is 4.98 Å². The number of benzene rings is 1. The molecule has 0 fully saturated rings. The fraction of sp³-hybridized carbons (Fsp3) is 0.100. The standard InChI is InChI=1S/C10H10N2OS/c1-13-8-4-2-7(3-5-8)9-6-14-10(11)12-9/h2-6H,1H3,(H2,11,12)/p+1. The molecule has 0 unspecified atom stereocenters. The average molecular weight is 207 g/mol. The third-order valence-corrected chi connectivity index (χ3v) is 2.67. The Morgan fingerprint density at radius 1 is 1.29 bits per heavy atom. The molecule has 2 rings (SSSR count). The summed E-state index contributed by atoms with van der Waals surface area (Å²) >= 11 is 1.50. The van der Waals surface area contributed by atoms with Crippen molar-refractivity contribution < 1.29 is 9.72 Å². The number of H-pyrrole nitrogens is 1. The lowest BCUT2D eigenvalue weighted by Crippen LogP contribution is -2.06. The van der Waals surface area contributed by atoms with Gasteiger partial charge in [0, 0.05) is 10.9 Å². The number of aromatic amines is 1. The lowest BCUT2D eigenvalue weighted by Gasteiger charge is -1.99. The zero-order valence-corrected chi connectivity index (χ0v) is 8.60. The molecular weight excluding hydrogens is 196 g/mol. The maximum absolute atomic E-state index is 5.61. The van der Waals surface area contributed by atoms with Crippen LogP contribution in [0.4, 0.5) is 5.13 Å². The molecule has 0 amide bonds. The largest absolute Gasteiger partial charge is 0.497 e. The number of hydrogen-bond acceptors (Lipinski definition) is 3. The predicted molar refractivity (Wildman–Crippen MR) is 57.3 cm³/mol. The highest BCUT2D eigenvalue weighted by Gasteiger charge is 2.05. The quantitative estimate of drug-likeness (QED) is 0.816. The van der Waals surface area contributed by atoms with Gasteiger partial charge in [0.25, 0.3) is 0 Å². The third kappa shape index (κ3) is 1.70. The Balaban J connectivity index is 2.33. The summed E-state index contributed by atoms with van der Waals surface area (Å²) in [6.45, 7) is 0. The first kappa shape index (κ1) is 9.02. The minimum atomic E-state index is 0.718. The van der Waals surface area contributed by atoms with Crippen LogP contribution in [0.25, 0.3) is 11.3 Å². The Morgan fingerprint density at radius 2 is 2.00 bits per heavy atom. The second kappa shape index (κ2) is 3.67. The lowest BCUT2D eigenvalue weighted by atomic mass is 10.2. The van der Waals surface area contributed by atoms with E-state index in [1.807, 2.05) is 29.6 Å². The van der Waals surface area contributed by atoms with Crippen LogP contribution in [0.3, 0.4) is 0 Å². The van der Waals surface area contributed by atoms with Crippen molar-refractivity contribution >= 4 is 16.5 Å². The van der Waals surface area contributed by atoms with E-state index in [0.29, 0.717) is 0 Å². The van der Waals surface area contributed by atoms with Crippen LogP contribution < -0.4 is 15.5 Å². The first-order chi connectivity index (χ1) is 6.79. The van der Waals surface area contributed by atoms with Crippen LogP contribution >= 0.6 is 11.3 Å². The fourth-order valence-corrected chi connectivity index (χ4v) is 1.83. The summed E-state index contributed by atoms with van der Waals surface area (Å²) in [7, 11) is 1.66. The van der Waals surface area contributed by atoms with Gasteiger partial charge in [0.05, 0.1) is 7.11 Å². The number of methoxy groups -OCH3 is 1. The van der Waals surface area contributed by atoms with Crippen molar-refractivity contribution in [3.63, 3.8) is 0 Å². The number of ether oxygens (including phenoxy) is 1. The van der Waals surface area contributed by atoms with Crippen molar-refractivity contribution in [1.29, 1.82) is 0 Å². The van der Waals surface area contributed by atoms with E-state index in [4.69, 9.17) is 10.5 Å². The van der Waals surface area contributed by atoms with Gasteiger partial charge in [-0.3, -0.25) is 5.73 Å². The molecule has 0 bridgehead atoms. The van der Waals surface area contributed by atoms with Crippen LogP contribution in [0.2, 0.25) is 0 Å². The third-order valence-electron chi connectivity index (χ3n) is 1.96. The van der Waals surface area contributed by atoms with Gasteiger partial charge in [-0.25, -0.2) is 4.98 Å². The summed E-state index contributed by atoms with van der Waals surface area (Å²) in [6.07, 6.45) is 0. The maximum atomic E-state index is 5.61. The van der Waals surface area contributed by atoms with Gasteiger partial charge in [-0.15, -0.1) is 0 Å². The summed E-state index contributed by atoms with van der Waals surface area (Å²) in [5.41, 5.74) is 7.76. The molecule has 1 heterocycles. The number of nitrogen functional groups attached to an aromatic ring is 1. The number of nitrogens with two attached hydrogens (primary N) is 1. The molecule has 0 spiro atoms. The molecule has 2 aromatic rings. The summed E-state index contributed by atoms with van der Waals surface area (Å²) in [4.78, 5) is 3.09. The van der Waals surface area contributed by atoms with Crippen molar-refractivity contribution in [2.24, 2.45) is 0 Å². The van der Waals surface area contributed by atoms with Gasteiger partial charge in [-0.1, -0.05) is 11.3 Å². The van der Waals surface area contributed by atoms with E-state index in [-0.39, 0.29) is 0 Å². The zero-order chi connectivity index (χ0) is 9.97. The Kier molecular flexibility index (Phi) is 2.37. The molecule has 3 N–H and O–H groups in total. The van der Waals surface area contributed by atoms with Crippen LogP contribution in [0, 0.1) is 0 Å². The molecule has 4 heteroatoms. The fourth-order valence-electron chi connectivity index (χ4n) is 1.22. The Morgan fingerprint density at radius 3 is 2.50 bits per heavy atom. The Hall–Kier alpha value is -1.55. The second-order valence-corrected chi connectivity index (χ2v) is 3.78. The molecule has 1 aromatic carbocycles. The molecule has 72 valence electrons. The van der Waals surface area contributed by atoms with E-state index >= 15 is 0 Å². The molecule has 0 aliphatic carbocycles. The van der Waals surface area contributed by atoms with Gasteiger partial charge in [-0.2, -0.15) is 0 Å². The second-order valence-electron chi connectivity index (χ2n) is 2.87. The first-order valence-electron chi connectivity index (χ1n) is 4.20. The number of anilines is 1. The SMILES string of the molecule is COc1ccc(-c2csc(N)[nH+]2)cc1. The van der Waals surface area contributed by atoms with Crippen LogP contribution in [0.15, 0.2) is 29.6 Å². The van der Waals surface area contributed by atoms with Gasteiger partial charge in [0.2, 0.25) is 0 Å². The summed E-state index contributed by atoms with van der Waals surface area (Å²) in [5, 5.41) is 2.72. The Labute approximate surface area is 86.2 Å². The van der Waals surface area contributed by atoms with Crippen LogP contribution in [-0.2, 0) is 0 Å². The van der Waals surface area contributed by atoms with Crippen LogP contribution in [0.1, 0.15) is 0 Å². The normalized spacial score (nSPS) is 10.1. The van der Waals surface area contributed by atoms with Gasteiger partial charge in [0.15, 0.2) is 0 Å². The Bertz CT molecular complexity index is 422. The van der Waals surface area contributed by atoms with Crippen molar-refractivity contribution in [3.8, 4) is 17.0 Å². The van der Waals surface area contributed by atoms with Crippen molar-refractivity contribution in [1.82, 2.24) is 0 Å². The van der Waals surface area contributed by atoms with E-state index in [1.54, 1.807) is 7.11 Å². The van der Waals surface area contributed by atoms with Gasteiger partial charge < -0.3 is 4.74 Å². The predicted octanol–water partition coefficient (Wildman–Crippen LogP) is 1.82. The number of rotatable bonds is 2. The number of hydrogen-bond donors (Lipinski definition) is 1. The minimum absolute atomic E-state index is 0.718. The van der Waals surface area contributed by atoms with Gasteiger partial charge in [-0.05, 0) is 24.3 Å². The smallest absolute Gasteiger partial charge is 0.329 e. The van der Waals surface area contributed by atoms with E-state index in [0.717, 1.165) is 22.1 Å². The van der Waals surface area contributed by atoms with Gasteiger partial charge >= 0.3 is 5.13 Å². The van der Waals surface area contributed by atoms with Crippen molar-refractivity contribution in [2.75, 3.05) is 12.8 Å². The minimum Gasteiger partial charge on any atom is -0.497 e. The molecule has 14 heavy (non-hydrogen) atoms. The van der Waals surface area contributed by atoms with E-state index in [9.17, 15) is 0 Å². The average Bonchev–Trinajstić information content (AvgIpc) is 2.65. The van der Waals surface area contributed by atoms with Crippen LogP contribution in [0.5, 0.6) is 5.75 Å². The summed E-state index contributed by atoms with van der Waals surface area (Å²) in [5.74, 6) is 0.858. The number of nitrogens with one attached hydrogen (secondary N) is 1. The maximum Gasteiger partial charge on any atom is 0.329 e. The molecule has 0 saturated heterocycles. The van der Waals surface area contributed by atoms with Crippen molar-refractivity contribution in [3.05, 3.63) is 29.6 Å². The molecule has 1 aromatic heterocycles. The van der Waals surface area contributed by atoms with Crippen molar-refractivity contribution in [2.45, 2.75) is 0 Å². The first-order valence-corrected chi connectivity index (χ1v) is 5.08. The zero-order valence-electron chi connectivity index (χ0n) is 7.78. The molecule has 0 saturated carbocycles. The monoisotopic (exact) mass is 207 g/mol. The number of thiazole rings is 1. The van der Waals surface area contributed by atoms with E-state index < -0.39 is 0 Å². The molecule has 0 atom stereocenters. The summed E-state index contributed by atoms with van der Waals surface area (Å²) in [6, 6.07) is 7.85. The van der Waals surface area contributed by atoms with Crippen LogP contribution in [-0.4, -0.2) is 7.11 Å². The summed E-state index contributed by atoms with van der Waals surface area (Å²) < 4.78 is 5.08. The molecular formula is C10H11N2OS+. The highest BCUT2D eigenvalue weighted by molar-refractivity contribution is 7.13. The van der Waals surface area contributed by atoms with E-state index in [1.165, 1.54) is 11.3 Å². The molecule has 0 radical (unpaired) electrons. The molecule has 3 nitrogen and oxygen atoms in total. The topological polar surface area (TPSA) is 49.4 Å². The van der Waals surface area contributed by atoms with Gasteiger partial charge in [0.1, 0.15) is 11.4 Å². The number of aromatic nitrogens is 1.